The highest BCUT2D eigenvalue weighted by Crippen LogP contribution is 2.20. The summed E-state index contributed by atoms with van der Waals surface area (Å²) in [7, 11) is 0. The number of H-pyrrole nitrogens is 1. The summed E-state index contributed by atoms with van der Waals surface area (Å²) in [5.74, 6) is 0.0847. The fraction of sp³-hybridized carbons (Fsp3) is 0.400. The Morgan fingerprint density at radius 3 is 2.61 bits per heavy atom. The van der Waals surface area contributed by atoms with Crippen LogP contribution >= 0.6 is 0 Å². The molecule has 0 aliphatic carbocycles. The van der Waals surface area contributed by atoms with Crippen LogP contribution in [0, 0.1) is 0 Å². The maximum absolute atomic E-state index is 12.5. The molecule has 2 rings (SSSR count). The van der Waals surface area contributed by atoms with Gasteiger partial charge in [0.15, 0.2) is 0 Å². The number of hydrogen-bond donors (Lipinski definition) is 1. The third-order valence-corrected chi connectivity index (χ3v) is 3.17. The van der Waals surface area contributed by atoms with E-state index < -0.39 is 0 Å². The lowest BCUT2D eigenvalue weighted by atomic mass is 10.0. The van der Waals surface area contributed by atoms with Crippen molar-refractivity contribution in [2.75, 3.05) is 6.54 Å². The molecule has 96 valence electrons. The van der Waals surface area contributed by atoms with E-state index in [1.165, 1.54) is 0 Å². The minimum absolute atomic E-state index is 0.0847. The molecule has 3 nitrogen and oxygen atoms in total. The molecule has 2 aromatic rings. The Balaban J connectivity index is 2.37. The van der Waals surface area contributed by atoms with Crippen LogP contribution in [-0.2, 0) is 0 Å². The van der Waals surface area contributed by atoms with Crippen LogP contribution in [0.15, 0.2) is 30.5 Å². The molecule has 0 aliphatic heterocycles. The second kappa shape index (κ2) is 4.48. The number of aromatic nitrogens is 1. The summed E-state index contributed by atoms with van der Waals surface area (Å²) in [6.45, 7) is 8.89. The average molecular weight is 244 g/mol. The Labute approximate surface area is 108 Å². The van der Waals surface area contributed by atoms with Crippen LogP contribution in [-0.4, -0.2) is 27.9 Å². The maximum atomic E-state index is 12.5. The first-order valence-corrected chi connectivity index (χ1v) is 6.32. The lowest BCUT2D eigenvalue weighted by Gasteiger charge is -2.34. The highest BCUT2D eigenvalue weighted by Gasteiger charge is 2.25. The van der Waals surface area contributed by atoms with Gasteiger partial charge in [0.05, 0.1) is 0 Å². The molecule has 0 radical (unpaired) electrons. The van der Waals surface area contributed by atoms with E-state index in [9.17, 15) is 4.79 Å². The van der Waals surface area contributed by atoms with E-state index in [0.29, 0.717) is 6.54 Å². The molecule has 0 aliphatic rings. The fourth-order valence-electron chi connectivity index (χ4n) is 2.26. The number of amides is 1. The van der Waals surface area contributed by atoms with Crippen molar-refractivity contribution in [2.45, 2.75) is 33.2 Å². The first kappa shape index (κ1) is 12.7. The van der Waals surface area contributed by atoms with Crippen LogP contribution in [0.5, 0.6) is 0 Å². The van der Waals surface area contributed by atoms with Gasteiger partial charge in [-0.2, -0.15) is 0 Å². The number of benzene rings is 1. The summed E-state index contributed by atoms with van der Waals surface area (Å²) in [4.78, 5) is 17.5. The van der Waals surface area contributed by atoms with Crippen LogP contribution < -0.4 is 0 Å². The van der Waals surface area contributed by atoms with Gasteiger partial charge in [0.25, 0.3) is 5.91 Å². The van der Waals surface area contributed by atoms with Crippen molar-refractivity contribution in [3.05, 3.63) is 36.0 Å². The second-order valence-electron chi connectivity index (χ2n) is 5.50. The van der Waals surface area contributed by atoms with Crippen LogP contribution in [0.25, 0.3) is 10.9 Å². The van der Waals surface area contributed by atoms with Gasteiger partial charge >= 0.3 is 0 Å². The Kier molecular flexibility index (Phi) is 3.16. The van der Waals surface area contributed by atoms with Crippen molar-refractivity contribution >= 4 is 16.8 Å². The zero-order valence-electron chi connectivity index (χ0n) is 11.4. The summed E-state index contributed by atoms with van der Waals surface area (Å²) in [5.41, 5.74) is 1.59. The molecule has 3 heteroatoms. The molecule has 1 N–H and O–H groups in total. The molecule has 0 bridgehead atoms. The fourth-order valence-corrected chi connectivity index (χ4v) is 2.26. The largest absolute Gasteiger partial charge is 0.361 e. The molecule has 0 unspecified atom stereocenters. The quantitative estimate of drug-likeness (QED) is 0.863. The Morgan fingerprint density at radius 1 is 1.28 bits per heavy atom. The molecule has 0 atom stereocenters. The number of hydrogen-bond acceptors (Lipinski definition) is 1. The molecule has 1 amide bonds. The summed E-state index contributed by atoms with van der Waals surface area (Å²) in [6.07, 6.45) is 1.89. The highest BCUT2D eigenvalue weighted by atomic mass is 16.2. The maximum Gasteiger partial charge on any atom is 0.254 e. The molecular weight excluding hydrogens is 224 g/mol. The summed E-state index contributed by atoms with van der Waals surface area (Å²) >= 11 is 0. The van der Waals surface area contributed by atoms with Gasteiger partial charge in [-0.1, -0.05) is 6.07 Å². The van der Waals surface area contributed by atoms with E-state index >= 15 is 0 Å². The van der Waals surface area contributed by atoms with Gasteiger partial charge in [0.1, 0.15) is 0 Å². The normalized spacial score (nSPS) is 11.8. The van der Waals surface area contributed by atoms with Gasteiger partial charge in [-0.05, 0) is 51.3 Å². The Hall–Kier alpha value is -1.77. The van der Waals surface area contributed by atoms with Crippen LogP contribution in [0.4, 0.5) is 0 Å². The van der Waals surface area contributed by atoms with Crippen molar-refractivity contribution in [3.63, 3.8) is 0 Å². The molecule has 1 aromatic heterocycles. The Morgan fingerprint density at radius 2 is 2.00 bits per heavy atom. The standard InChI is InChI=1S/C15H20N2O/c1-5-17(15(2,3)4)14(18)12-7-6-11-8-9-16-13(11)10-12/h6-10,16H,5H2,1-4H3. The lowest BCUT2D eigenvalue weighted by Crippen LogP contribution is -2.45. The molecule has 1 aromatic carbocycles. The highest BCUT2D eigenvalue weighted by molar-refractivity contribution is 5.98. The third kappa shape index (κ3) is 2.26. The van der Waals surface area contributed by atoms with Crippen molar-refractivity contribution in [2.24, 2.45) is 0 Å². The summed E-state index contributed by atoms with van der Waals surface area (Å²) in [6, 6.07) is 7.81. The monoisotopic (exact) mass is 244 g/mol. The van der Waals surface area contributed by atoms with Gasteiger partial charge in [0.2, 0.25) is 0 Å². The first-order valence-electron chi connectivity index (χ1n) is 6.32. The zero-order valence-corrected chi connectivity index (χ0v) is 11.4. The molecule has 0 saturated carbocycles. The predicted molar refractivity (Wildman–Crippen MR) is 74.8 cm³/mol. The Bertz CT molecular complexity index is 563. The number of rotatable bonds is 2. The molecule has 18 heavy (non-hydrogen) atoms. The van der Waals surface area contributed by atoms with E-state index in [4.69, 9.17) is 0 Å². The van der Waals surface area contributed by atoms with Crippen LogP contribution in [0.1, 0.15) is 38.1 Å². The van der Waals surface area contributed by atoms with Gasteiger partial charge < -0.3 is 9.88 Å². The second-order valence-corrected chi connectivity index (χ2v) is 5.50. The summed E-state index contributed by atoms with van der Waals surface area (Å²) < 4.78 is 0. The smallest absolute Gasteiger partial charge is 0.254 e. The molecule has 0 spiro atoms. The zero-order chi connectivity index (χ0) is 13.3. The van der Waals surface area contributed by atoms with Crippen molar-refractivity contribution in [1.82, 2.24) is 9.88 Å². The number of nitrogens with zero attached hydrogens (tertiary/aromatic N) is 1. The molecule has 0 saturated heterocycles. The topological polar surface area (TPSA) is 36.1 Å². The third-order valence-electron chi connectivity index (χ3n) is 3.17. The van der Waals surface area contributed by atoms with Gasteiger partial charge in [-0.3, -0.25) is 4.79 Å². The van der Waals surface area contributed by atoms with Crippen molar-refractivity contribution < 1.29 is 4.79 Å². The van der Waals surface area contributed by atoms with Gasteiger partial charge in [-0.25, -0.2) is 0 Å². The minimum atomic E-state index is -0.156. The molecule has 0 fully saturated rings. The summed E-state index contributed by atoms with van der Waals surface area (Å²) in [5, 5.41) is 1.13. The number of fused-ring (bicyclic) bond motifs is 1. The lowest BCUT2D eigenvalue weighted by molar-refractivity contribution is 0.0599. The van der Waals surface area contributed by atoms with E-state index in [1.54, 1.807) is 0 Å². The minimum Gasteiger partial charge on any atom is -0.361 e. The van der Waals surface area contributed by atoms with E-state index in [0.717, 1.165) is 16.5 Å². The number of nitrogens with one attached hydrogen (secondary N) is 1. The number of carbonyl (C=O) groups is 1. The van der Waals surface area contributed by atoms with Crippen molar-refractivity contribution in [3.8, 4) is 0 Å². The predicted octanol–water partition coefficient (Wildman–Crippen LogP) is 3.43. The molecule has 1 heterocycles. The van der Waals surface area contributed by atoms with E-state index in [2.05, 4.69) is 25.8 Å². The van der Waals surface area contributed by atoms with E-state index in [1.807, 2.05) is 42.3 Å². The molecular formula is C15H20N2O. The number of aromatic amines is 1. The van der Waals surface area contributed by atoms with Gasteiger partial charge in [0, 0.05) is 29.4 Å². The SMILES string of the molecule is CCN(C(=O)c1ccc2cc[nH]c2c1)C(C)(C)C. The van der Waals surface area contributed by atoms with E-state index in [-0.39, 0.29) is 11.4 Å². The average Bonchev–Trinajstić information content (AvgIpc) is 2.74. The van der Waals surface area contributed by atoms with Crippen LogP contribution in [0.3, 0.4) is 0 Å². The first-order chi connectivity index (χ1) is 8.43. The number of carbonyl (C=O) groups excluding carboxylic acids is 1. The van der Waals surface area contributed by atoms with Crippen molar-refractivity contribution in [1.29, 1.82) is 0 Å². The van der Waals surface area contributed by atoms with Gasteiger partial charge in [-0.15, -0.1) is 0 Å². The van der Waals surface area contributed by atoms with Crippen LogP contribution in [0.2, 0.25) is 0 Å².